The molecule has 0 atom stereocenters. The minimum Gasteiger partial charge on any atom is -0.478 e. The Morgan fingerprint density at radius 3 is 2.71 bits per heavy atom. The lowest BCUT2D eigenvalue weighted by Crippen LogP contribution is -2.20. The van der Waals surface area contributed by atoms with Crippen LogP contribution in [-0.4, -0.2) is 21.0 Å². The largest absolute Gasteiger partial charge is 0.478 e. The number of H-pyrrole nitrogens is 1. The van der Waals surface area contributed by atoms with E-state index in [2.05, 4.69) is 9.97 Å². The minimum absolute atomic E-state index is 0.117. The first-order valence-electron chi connectivity index (χ1n) is 4.39. The van der Waals surface area contributed by atoms with Gasteiger partial charge in [0.15, 0.2) is 0 Å². The van der Waals surface area contributed by atoms with Crippen LogP contribution in [0.2, 0.25) is 0 Å². The van der Waals surface area contributed by atoms with Gasteiger partial charge in [0, 0.05) is 5.69 Å². The highest BCUT2D eigenvalue weighted by Crippen LogP contribution is 2.09. The number of carboxylic acids is 1. The maximum Gasteiger partial charge on any atom is 0.345 e. The minimum atomic E-state index is -1.05. The summed E-state index contributed by atoms with van der Waals surface area (Å²) in [4.78, 5) is 27.9. The summed E-state index contributed by atoms with van der Waals surface area (Å²) in [7, 11) is 0. The van der Waals surface area contributed by atoms with Gasteiger partial charge in [-0.2, -0.15) is 4.98 Å². The normalized spacial score (nSPS) is 10.1. The van der Waals surface area contributed by atoms with Gasteiger partial charge in [0.1, 0.15) is 5.56 Å². The van der Waals surface area contributed by atoms with Crippen molar-refractivity contribution < 1.29 is 9.90 Å². The topological polar surface area (TPSA) is 83.0 Å². The summed E-state index contributed by atoms with van der Waals surface area (Å²) < 4.78 is 0. The molecule has 0 radical (unpaired) electrons. The van der Waals surface area contributed by atoms with Crippen LogP contribution in [-0.2, 0) is 6.42 Å². The third kappa shape index (κ3) is 1.99. The lowest BCUT2D eigenvalue weighted by atomic mass is 10.1. The molecule has 0 saturated carbocycles. The monoisotopic (exact) mass is 196 g/mol. The fraction of sp³-hybridized carbons (Fsp3) is 0.444. The smallest absolute Gasteiger partial charge is 0.345 e. The van der Waals surface area contributed by atoms with Crippen molar-refractivity contribution in [3.8, 4) is 0 Å². The molecule has 0 saturated heterocycles. The third-order valence-electron chi connectivity index (χ3n) is 1.90. The average molecular weight is 196 g/mol. The SMILES string of the molecule is CCCc1nc(=O)[nH]c(C)c1C(=O)O. The van der Waals surface area contributed by atoms with E-state index in [1.807, 2.05) is 6.92 Å². The lowest BCUT2D eigenvalue weighted by molar-refractivity contribution is 0.0693. The van der Waals surface area contributed by atoms with Crippen molar-refractivity contribution in [2.75, 3.05) is 0 Å². The Hall–Kier alpha value is -1.65. The molecule has 5 nitrogen and oxygen atoms in total. The van der Waals surface area contributed by atoms with Crippen LogP contribution >= 0.6 is 0 Å². The number of rotatable bonds is 3. The number of aryl methyl sites for hydroxylation is 2. The molecule has 2 N–H and O–H groups in total. The van der Waals surface area contributed by atoms with Crippen LogP contribution in [0.1, 0.15) is 35.1 Å². The van der Waals surface area contributed by atoms with Crippen molar-refractivity contribution in [1.29, 1.82) is 0 Å². The van der Waals surface area contributed by atoms with Crippen LogP contribution in [0.25, 0.3) is 0 Å². The van der Waals surface area contributed by atoms with Crippen LogP contribution in [0.4, 0.5) is 0 Å². The average Bonchev–Trinajstić information content (AvgIpc) is 2.01. The Morgan fingerprint density at radius 1 is 1.57 bits per heavy atom. The first-order valence-corrected chi connectivity index (χ1v) is 4.39. The Labute approximate surface area is 80.8 Å². The number of nitrogens with zero attached hydrogens (tertiary/aromatic N) is 1. The van der Waals surface area contributed by atoms with Gasteiger partial charge in [-0.25, -0.2) is 9.59 Å². The summed E-state index contributed by atoms with van der Waals surface area (Å²) in [5.74, 6) is -1.05. The second-order valence-corrected chi connectivity index (χ2v) is 3.04. The molecule has 76 valence electrons. The van der Waals surface area contributed by atoms with Crippen molar-refractivity contribution in [2.24, 2.45) is 0 Å². The number of nitrogens with one attached hydrogen (secondary N) is 1. The molecule has 0 aliphatic heterocycles. The Kier molecular flexibility index (Phi) is 3.01. The zero-order valence-corrected chi connectivity index (χ0v) is 8.13. The van der Waals surface area contributed by atoms with E-state index in [4.69, 9.17) is 5.11 Å². The maximum atomic E-state index is 11.0. The number of carbonyl (C=O) groups is 1. The molecule has 1 aromatic heterocycles. The van der Waals surface area contributed by atoms with Crippen molar-refractivity contribution in [3.05, 3.63) is 27.4 Å². The molecule has 14 heavy (non-hydrogen) atoms. The highest BCUT2D eigenvalue weighted by Gasteiger charge is 2.15. The van der Waals surface area contributed by atoms with Crippen LogP contribution in [0.5, 0.6) is 0 Å². The first kappa shape index (κ1) is 10.4. The predicted octanol–water partition coefficient (Wildman–Crippen LogP) is 0.729. The molecular formula is C9H12N2O3. The molecule has 1 rings (SSSR count). The van der Waals surface area contributed by atoms with Gasteiger partial charge in [0.25, 0.3) is 0 Å². The molecule has 0 bridgehead atoms. The second-order valence-electron chi connectivity index (χ2n) is 3.04. The van der Waals surface area contributed by atoms with Gasteiger partial charge in [-0.05, 0) is 13.3 Å². The molecule has 1 heterocycles. The van der Waals surface area contributed by atoms with E-state index in [0.717, 1.165) is 6.42 Å². The number of aromatic nitrogens is 2. The number of hydrogen-bond acceptors (Lipinski definition) is 3. The van der Waals surface area contributed by atoms with Gasteiger partial charge >= 0.3 is 11.7 Å². The van der Waals surface area contributed by atoms with Crippen molar-refractivity contribution in [2.45, 2.75) is 26.7 Å². The Balaban J connectivity index is 3.36. The number of hydrogen-bond donors (Lipinski definition) is 2. The molecule has 0 aliphatic rings. The fourth-order valence-electron chi connectivity index (χ4n) is 1.35. The molecule has 1 aromatic rings. The van der Waals surface area contributed by atoms with E-state index in [1.165, 1.54) is 0 Å². The Bertz CT molecular complexity index is 409. The van der Waals surface area contributed by atoms with E-state index in [-0.39, 0.29) is 5.56 Å². The number of aromatic amines is 1. The van der Waals surface area contributed by atoms with Crippen molar-refractivity contribution in [1.82, 2.24) is 9.97 Å². The summed E-state index contributed by atoms with van der Waals surface area (Å²) in [6, 6.07) is 0. The van der Waals surface area contributed by atoms with Gasteiger partial charge < -0.3 is 10.1 Å². The number of aromatic carboxylic acids is 1. The van der Waals surface area contributed by atoms with Crippen LogP contribution < -0.4 is 5.69 Å². The molecule has 0 unspecified atom stereocenters. The fourth-order valence-corrected chi connectivity index (χ4v) is 1.35. The van der Waals surface area contributed by atoms with Crippen LogP contribution in [0, 0.1) is 6.92 Å². The van der Waals surface area contributed by atoms with Crippen molar-refractivity contribution in [3.63, 3.8) is 0 Å². The van der Waals surface area contributed by atoms with Gasteiger partial charge in [-0.15, -0.1) is 0 Å². The van der Waals surface area contributed by atoms with E-state index < -0.39 is 11.7 Å². The molecule has 0 aromatic carbocycles. The molecule has 0 spiro atoms. The number of carboxylic acid groups (broad SMARTS) is 1. The summed E-state index contributed by atoms with van der Waals surface area (Å²) in [6.45, 7) is 3.47. The van der Waals surface area contributed by atoms with E-state index in [9.17, 15) is 9.59 Å². The van der Waals surface area contributed by atoms with Crippen molar-refractivity contribution >= 4 is 5.97 Å². The van der Waals surface area contributed by atoms with Crippen LogP contribution in [0.3, 0.4) is 0 Å². The molecule has 0 aliphatic carbocycles. The highest BCUT2D eigenvalue weighted by molar-refractivity contribution is 5.89. The van der Waals surface area contributed by atoms with Gasteiger partial charge in [-0.3, -0.25) is 0 Å². The standard InChI is InChI=1S/C9H12N2O3/c1-3-4-6-7(8(12)13)5(2)10-9(14)11-6/h3-4H2,1-2H3,(H,12,13)(H,10,11,14). The van der Waals surface area contributed by atoms with E-state index in [0.29, 0.717) is 17.8 Å². The predicted molar refractivity (Wildman–Crippen MR) is 50.5 cm³/mol. The second kappa shape index (κ2) is 4.04. The maximum absolute atomic E-state index is 11.0. The quantitative estimate of drug-likeness (QED) is 0.746. The third-order valence-corrected chi connectivity index (χ3v) is 1.90. The van der Waals surface area contributed by atoms with Crippen LogP contribution in [0.15, 0.2) is 4.79 Å². The van der Waals surface area contributed by atoms with E-state index in [1.54, 1.807) is 6.92 Å². The summed E-state index contributed by atoms with van der Waals surface area (Å²) in [5.41, 5.74) is 0.351. The highest BCUT2D eigenvalue weighted by atomic mass is 16.4. The van der Waals surface area contributed by atoms with Gasteiger partial charge in [0.05, 0.1) is 5.69 Å². The molecule has 5 heteroatoms. The lowest BCUT2D eigenvalue weighted by Gasteiger charge is -2.05. The molecular weight excluding hydrogens is 184 g/mol. The zero-order chi connectivity index (χ0) is 10.7. The van der Waals surface area contributed by atoms with Gasteiger partial charge in [0.2, 0.25) is 0 Å². The first-order chi connectivity index (χ1) is 6.56. The van der Waals surface area contributed by atoms with E-state index >= 15 is 0 Å². The zero-order valence-electron chi connectivity index (χ0n) is 8.13. The summed E-state index contributed by atoms with van der Waals surface area (Å²) >= 11 is 0. The molecule has 0 amide bonds. The molecule has 0 fully saturated rings. The summed E-state index contributed by atoms with van der Waals surface area (Å²) in [6.07, 6.45) is 1.27. The Morgan fingerprint density at radius 2 is 2.21 bits per heavy atom. The van der Waals surface area contributed by atoms with Gasteiger partial charge in [-0.1, -0.05) is 13.3 Å². The summed E-state index contributed by atoms with van der Waals surface area (Å²) in [5, 5.41) is 8.90.